The molecule has 1 atom stereocenters. The van der Waals surface area contributed by atoms with Crippen molar-refractivity contribution in [3.8, 4) is 0 Å². The molecule has 0 aliphatic carbocycles. The summed E-state index contributed by atoms with van der Waals surface area (Å²) >= 11 is 1.73. The lowest BCUT2D eigenvalue weighted by Crippen LogP contribution is -2.32. The van der Waals surface area contributed by atoms with Crippen LogP contribution in [0.15, 0.2) is 6.20 Å². The van der Waals surface area contributed by atoms with Crippen LogP contribution in [0.4, 0.5) is 0 Å². The summed E-state index contributed by atoms with van der Waals surface area (Å²) in [7, 11) is 0. The van der Waals surface area contributed by atoms with Crippen LogP contribution < -0.4 is 11.1 Å². The van der Waals surface area contributed by atoms with Gasteiger partial charge in [0.05, 0.1) is 5.01 Å². The van der Waals surface area contributed by atoms with E-state index in [0.717, 1.165) is 24.5 Å². The molecule has 3 N–H and O–H groups in total. The lowest BCUT2D eigenvalue weighted by Gasteiger charge is -2.08. The van der Waals surface area contributed by atoms with Crippen LogP contribution in [-0.4, -0.2) is 17.6 Å². The maximum atomic E-state index is 5.77. The predicted octanol–water partition coefficient (Wildman–Crippen LogP) is 1.28. The molecule has 1 aromatic heterocycles. The number of nitrogens with zero attached hydrogens (tertiary/aromatic N) is 1. The van der Waals surface area contributed by atoms with E-state index < -0.39 is 0 Å². The van der Waals surface area contributed by atoms with Gasteiger partial charge < -0.3 is 11.1 Å². The van der Waals surface area contributed by atoms with Crippen molar-refractivity contribution in [3.05, 3.63) is 16.1 Å². The van der Waals surface area contributed by atoms with Crippen molar-refractivity contribution in [2.24, 2.45) is 5.73 Å². The van der Waals surface area contributed by atoms with Crippen molar-refractivity contribution in [3.63, 3.8) is 0 Å². The van der Waals surface area contributed by atoms with Crippen LogP contribution in [0.2, 0.25) is 0 Å². The Morgan fingerprint density at radius 2 is 2.46 bits per heavy atom. The quantitative estimate of drug-likeness (QED) is 0.751. The molecule has 4 heteroatoms. The zero-order valence-corrected chi connectivity index (χ0v) is 9.03. The molecule has 3 nitrogen and oxygen atoms in total. The van der Waals surface area contributed by atoms with Gasteiger partial charge in [0.2, 0.25) is 0 Å². The summed E-state index contributed by atoms with van der Waals surface area (Å²) in [6.07, 6.45) is 2.94. The fourth-order valence-electron chi connectivity index (χ4n) is 1.01. The summed E-state index contributed by atoms with van der Waals surface area (Å²) in [5.74, 6) is 0. The van der Waals surface area contributed by atoms with Gasteiger partial charge in [-0.1, -0.05) is 6.92 Å². The van der Waals surface area contributed by atoms with Crippen molar-refractivity contribution >= 4 is 11.3 Å². The molecule has 1 heterocycles. The Bertz CT molecular complexity index is 247. The average molecular weight is 199 g/mol. The fourth-order valence-corrected chi connectivity index (χ4v) is 1.78. The minimum Gasteiger partial charge on any atom is -0.327 e. The monoisotopic (exact) mass is 199 g/mol. The lowest BCUT2D eigenvalue weighted by atomic mass is 10.2. The van der Waals surface area contributed by atoms with Gasteiger partial charge in [0, 0.05) is 30.2 Å². The summed E-state index contributed by atoms with van der Waals surface area (Å²) in [6.45, 7) is 5.89. The highest BCUT2D eigenvalue weighted by molar-refractivity contribution is 7.11. The van der Waals surface area contributed by atoms with E-state index in [1.807, 2.05) is 13.1 Å². The third-order valence-corrected chi connectivity index (χ3v) is 2.81. The molecule has 1 unspecified atom stereocenters. The van der Waals surface area contributed by atoms with Gasteiger partial charge in [-0.25, -0.2) is 4.98 Å². The zero-order valence-electron chi connectivity index (χ0n) is 8.21. The molecule has 0 fully saturated rings. The molecule has 0 aliphatic heterocycles. The summed E-state index contributed by atoms with van der Waals surface area (Å²) in [4.78, 5) is 5.46. The van der Waals surface area contributed by atoms with Gasteiger partial charge in [0.15, 0.2) is 0 Å². The van der Waals surface area contributed by atoms with E-state index in [1.165, 1.54) is 4.88 Å². The fraction of sp³-hybridized carbons (Fsp3) is 0.667. The van der Waals surface area contributed by atoms with Crippen LogP contribution in [-0.2, 0) is 6.54 Å². The number of nitrogens with one attached hydrogen (secondary N) is 1. The summed E-state index contributed by atoms with van der Waals surface area (Å²) in [5.41, 5.74) is 5.77. The van der Waals surface area contributed by atoms with Crippen molar-refractivity contribution in [1.82, 2.24) is 10.3 Å². The van der Waals surface area contributed by atoms with Crippen LogP contribution in [0.3, 0.4) is 0 Å². The predicted molar refractivity (Wildman–Crippen MR) is 56.8 cm³/mol. The van der Waals surface area contributed by atoms with E-state index >= 15 is 0 Å². The molecule has 0 amide bonds. The van der Waals surface area contributed by atoms with Gasteiger partial charge in [0.25, 0.3) is 0 Å². The molecule has 0 bridgehead atoms. The maximum Gasteiger partial charge on any atom is 0.0897 e. The van der Waals surface area contributed by atoms with E-state index in [9.17, 15) is 0 Å². The van der Waals surface area contributed by atoms with Gasteiger partial charge in [-0.2, -0.15) is 0 Å². The first-order valence-corrected chi connectivity index (χ1v) is 5.41. The minimum absolute atomic E-state index is 0.272. The van der Waals surface area contributed by atoms with Crippen LogP contribution in [0, 0.1) is 6.92 Å². The van der Waals surface area contributed by atoms with Crippen molar-refractivity contribution in [2.75, 3.05) is 6.54 Å². The second-order valence-corrected chi connectivity index (χ2v) is 4.46. The number of hydrogen-bond acceptors (Lipinski definition) is 4. The van der Waals surface area contributed by atoms with Gasteiger partial charge in [-0.3, -0.25) is 0 Å². The second-order valence-electron chi connectivity index (χ2n) is 3.14. The van der Waals surface area contributed by atoms with Crippen molar-refractivity contribution in [2.45, 2.75) is 32.9 Å². The third kappa shape index (κ3) is 3.85. The molecular weight excluding hydrogens is 182 g/mol. The highest BCUT2D eigenvalue weighted by Gasteiger charge is 2.00. The Morgan fingerprint density at radius 3 is 3.00 bits per heavy atom. The van der Waals surface area contributed by atoms with Gasteiger partial charge >= 0.3 is 0 Å². The Balaban J connectivity index is 2.20. The molecule has 0 radical (unpaired) electrons. The molecule has 1 aromatic rings. The molecule has 0 saturated carbocycles. The lowest BCUT2D eigenvalue weighted by molar-refractivity contribution is 0.565. The summed E-state index contributed by atoms with van der Waals surface area (Å²) < 4.78 is 0. The Hall–Kier alpha value is -0.450. The Morgan fingerprint density at radius 1 is 1.69 bits per heavy atom. The number of rotatable bonds is 5. The molecule has 0 spiro atoms. The highest BCUT2D eigenvalue weighted by atomic mass is 32.1. The maximum absolute atomic E-state index is 5.77. The molecule has 13 heavy (non-hydrogen) atoms. The van der Waals surface area contributed by atoms with E-state index in [1.54, 1.807) is 11.3 Å². The first-order valence-electron chi connectivity index (χ1n) is 4.60. The number of aryl methyl sites for hydroxylation is 1. The molecule has 0 aliphatic rings. The van der Waals surface area contributed by atoms with E-state index in [2.05, 4.69) is 17.2 Å². The van der Waals surface area contributed by atoms with Crippen molar-refractivity contribution in [1.29, 1.82) is 0 Å². The number of thiazole rings is 1. The molecule has 0 saturated heterocycles. The van der Waals surface area contributed by atoms with E-state index in [-0.39, 0.29) is 6.04 Å². The minimum atomic E-state index is 0.272. The SMILES string of the molecule is CCC(N)CNCc1cnc(C)s1. The first kappa shape index (κ1) is 10.6. The Labute approximate surface area is 83.4 Å². The number of aromatic nitrogens is 1. The summed E-state index contributed by atoms with van der Waals surface area (Å²) in [6, 6.07) is 0.272. The normalized spacial score (nSPS) is 13.2. The van der Waals surface area contributed by atoms with Gasteiger partial charge in [-0.15, -0.1) is 11.3 Å². The van der Waals surface area contributed by atoms with Gasteiger partial charge in [-0.05, 0) is 13.3 Å². The summed E-state index contributed by atoms with van der Waals surface area (Å²) in [5, 5.41) is 4.43. The van der Waals surface area contributed by atoms with Crippen LogP contribution in [0.5, 0.6) is 0 Å². The molecular formula is C9H17N3S. The number of hydrogen-bond donors (Lipinski definition) is 2. The topological polar surface area (TPSA) is 50.9 Å². The third-order valence-electron chi connectivity index (χ3n) is 1.90. The average Bonchev–Trinajstić information content (AvgIpc) is 2.51. The van der Waals surface area contributed by atoms with Crippen LogP contribution >= 0.6 is 11.3 Å². The largest absolute Gasteiger partial charge is 0.327 e. The van der Waals surface area contributed by atoms with Crippen LogP contribution in [0.25, 0.3) is 0 Å². The molecule has 1 rings (SSSR count). The number of nitrogens with two attached hydrogens (primary N) is 1. The molecule has 74 valence electrons. The van der Waals surface area contributed by atoms with E-state index in [0.29, 0.717) is 0 Å². The zero-order chi connectivity index (χ0) is 9.68. The standard InChI is InChI=1S/C9H17N3S/c1-3-8(10)4-11-5-9-6-12-7(2)13-9/h6,8,11H,3-5,10H2,1-2H3. The van der Waals surface area contributed by atoms with Crippen molar-refractivity contribution < 1.29 is 0 Å². The first-order chi connectivity index (χ1) is 6.22. The van der Waals surface area contributed by atoms with E-state index in [4.69, 9.17) is 5.73 Å². The highest BCUT2D eigenvalue weighted by Crippen LogP contribution is 2.10. The smallest absolute Gasteiger partial charge is 0.0897 e. The Kier molecular flexibility index (Phi) is 4.35. The second kappa shape index (κ2) is 5.32. The van der Waals surface area contributed by atoms with Gasteiger partial charge in [0.1, 0.15) is 0 Å². The molecule has 0 aromatic carbocycles. The van der Waals surface area contributed by atoms with Crippen LogP contribution in [0.1, 0.15) is 23.2 Å².